The average molecular weight is 244 g/mol. The summed E-state index contributed by atoms with van der Waals surface area (Å²) >= 11 is 5.74. The molecule has 0 aliphatic heterocycles. The summed E-state index contributed by atoms with van der Waals surface area (Å²) in [6, 6.07) is 0. The summed E-state index contributed by atoms with van der Waals surface area (Å²) in [5.74, 6) is 0.417. The number of allylic oxidation sites excluding steroid dienone is 1. The normalized spacial score (nSPS) is 16.8. The highest BCUT2D eigenvalue weighted by Crippen LogP contribution is 2.20. The van der Waals surface area contributed by atoms with E-state index >= 15 is 0 Å². The van der Waals surface area contributed by atoms with Gasteiger partial charge < -0.3 is 5.32 Å². The number of amides is 1. The molecular weight excluding hydrogens is 222 g/mol. The van der Waals surface area contributed by atoms with E-state index in [-0.39, 0.29) is 5.91 Å². The van der Waals surface area contributed by atoms with Crippen LogP contribution in [0.4, 0.5) is 0 Å². The molecule has 16 heavy (non-hydrogen) atoms. The molecule has 0 fully saturated rings. The first-order valence-corrected chi connectivity index (χ1v) is 6.62. The summed E-state index contributed by atoms with van der Waals surface area (Å²) in [6.07, 6.45) is 8.33. The Balaban J connectivity index is 2.25. The van der Waals surface area contributed by atoms with E-state index in [0.717, 1.165) is 13.0 Å². The SMILES string of the molecule is CC(C)(CCl)C(=O)NCCC1=CCCCC1. The largest absolute Gasteiger partial charge is 0.355 e. The number of alkyl halides is 1. The van der Waals surface area contributed by atoms with Gasteiger partial charge in [0.2, 0.25) is 5.91 Å². The zero-order valence-electron chi connectivity index (χ0n) is 10.3. The Morgan fingerprint density at radius 3 is 2.81 bits per heavy atom. The zero-order valence-corrected chi connectivity index (χ0v) is 11.1. The Kier molecular flexibility index (Phi) is 5.33. The number of halogens is 1. The van der Waals surface area contributed by atoms with Gasteiger partial charge in [0.1, 0.15) is 0 Å². The van der Waals surface area contributed by atoms with E-state index in [1.165, 1.54) is 31.3 Å². The molecule has 0 saturated heterocycles. The summed E-state index contributed by atoms with van der Waals surface area (Å²) in [7, 11) is 0. The maximum Gasteiger partial charge on any atom is 0.226 e. The molecule has 1 rings (SSSR count). The molecule has 0 saturated carbocycles. The van der Waals surface area contributed by atoms with E-state index in [0.29, 0.717) is 5.88 Å². The fourth-order valence-corrected chi connectivity index (χ4v) is 1.89. The zero-order chi connectivity index (χ0) is 12.0. The molecule has 1 amide bonds. The molecule has 1 aliphatic carbocycles. The van der Waals surface area contributed by atoms with Crippen molar-refractivity contribution < 1.29 is 4.79 Å². The number of nitrogens with one attached hydrogen (secondary N) is 1. The average Bonchev–Trinajstić information content (AvgIpc) is 2.30. The Bertz CT molecular complexity index is 271. The third kappa shape index (κ3) is 4.17. The van der Waals surface area contributed by atoms with E-state index in [4.69, 9.17) is 11.6 Å². The number of carbonyl (C=O) groups is 1. The predicted octanol–water partition coefficient (Wildman–Crippen LogP) is 3.26. The van der Waals surface area contributed by atoms with Crippen LogP contribution < -0.4 is 5.32 Å². The van der Waals surface area contributed by atoms with Crippen LogP contribution in [0.2, 0.25) is 0 Å². The first kappa shape index (κ1) is 13.6. The molecule has 1 N–H and O–H groups in total. The second-order valence-corrected chi connectivity index (χ2v) is 5.40. The van der Waals surface area contributed by atoms with Crippen LogP contribution in [0, 0.1) is 5.41 Å². The smallest absolute Gasteiger partial charge is 0.226 e. The lowest BCUT2D eigenvalue weighted by molar-refractivity contribution is -0.128. The van der Waals surface area contributed by atoms with Crippen molar-refractivity contribution in [3.63, 3.8) is 0 Å². The predicted molar refractivity (Wildman–Crippen MR) is 68.7 cm³/mol. The van der Waals surface area contributed by atoms with Crippen LogP contribution in [0.25, 0.3) is 0 Å². The van der Waals surface area contributed by atoms with Gasteiger partial charge in [0, 0.05) is 12.4 Å². The number of carbonyl (C=O) groups excluding carboxylic acids is 1. The van der Waals surface area contributed by atoms with Crippen LogP contribution in [-0.4, -0.2) is 18.3 Å². The Morgan fingerprint density at radius 2 is 2.25 bits per heavy atom. The first-order valence-electron chi connectivity index (χ1n) is 6.08. The Hall–Kier alpha value is -0.500. The minimum atomic E-state index is -0.456. The molecule has 3 heteroatoms. The molecule has 0 aromatic carbocycles. The van der Waals surface area contributed by atoms with E-state index in [1.807, 2.05) is 13.8 Å². The highest BCUT2D eigenvalue weighted by Gasteiger charge is 2.25. The lowest BCUT2D eigenvalue weighted by atomic mass is 9.94. The molecule has 0 atom stereocenters. The summed E-state index contributed by atoms with van der Waals surface area (Å²) in [5.41, 5.74) is 1.04. The molecule has 1 aliphatic rings. The fourth-order valence-electron chi connectivity index (χ4n) is 1.77. The van der Waals surface area contributed by atoms with Crippen LogP contribution >= 0.6 is 11.6 Å². The number of hydrogen-bond donors (Lipinski definition) is 1. The summed E-state index contributed by atoms with van der Waals surface area (Å²) in [6.45, 7) is 4.48. The van der Waals surface area contributed by atoms with Gasteiger partial charge in [-0.25, -0.2) is 0 Å². The molecular formula is C13H22ClNO. The Morgan fingerprint density at radius 1 is 1.50 bits per heavy atom. The third-order valence-electron chi connectivity index (χ3n) is 3.07. The molecule has 0 radical (unpaired) electrons. The van der Waals surface area contributed by atoms with Crippen LogP contribution in [-0.2, 0) is 4.79 Å². The van der Waals surface area contributed by atoms with Gasteiger partial charge in [-0.3, -0.25) is 4.79 Å². The standard InChI is InChI=1S/C13H22ClNO/c1-13(2,10-14)12(16)15-9-8-11-6-4-3-5-7-11/h6H,3-5,7-10H2,1-2H3,(H,15,16). The lowest BCUT2D eigenvalue weighted by Gasteiger charge is -2.21. The van der Waals surface area contributed by atoms with Gasteiger partial charge in [0.05, 0.1) is 5.41 Å². The van der Waals surface area contributed by atoms with Crippen LogP contribution in [0.5, 0.6) is 0 Å². The molecule has 0 heterocycles. The maximum absolute atomic E-state index is 11.7. The van der Waals surface area contributed by atoms with Crippen LogP contribution in [0.1, 0.15) is 46.0 Å². The summed E-state index contributed by atoms with van der Waals surface area (Å²) < 4.78 is 0. The van der Waals surface area contributed by atoms with Gasteiger partial charge in [-0.1, -0.05) is 11.6 Å². The van der Waals surface area contributed by atoms with E-state index in [2.05, 4.69) is 11.4 Å². The van der Waals surface area contributed by atoms with Gasteiger partial charge in [0.15, 0.2) is 0 Å². The van der Waals surface area contributed by atoms with Crippen LogP contribution in [0.3, 0.4) is 0 Å². The van der Waals surface area contributed by atoms with Crippen molar-refractivity contribution in [2.75, 3.05) is 12.4 Å². The molecule has 0 spiro atoms. The van der Waals surface area contributed by atoms with Crippen molar-refractivity contribution in [2.45, 2.75) is 46.0 Å². The van der Waals surface area contributed by atoms with E-state index in [1.54, 1.807) is 0 Å². The summed E-state index contributed by atoms with van der Waals surface area (Å²) in [5, 5.41) is 2.96. The van der Waals surface area contributed by atoms with E-state index < -0.39 is 5.41 Å². The maximum atomic E-state index is 11.7. The minimum Gasteiger partial charge on any atom is -0.355 e. The van der Waals surface area contributed by atoms with Crippen molar-refractivity contribution in [2.24, 2.45) is 5.41 Å². The van der Waals surface area contributed by atoms with Crippen molar-refractivity contribution in [3.05, 3.63) is 11.6 Å². The number of rotatable bonds is 5. The fraction of sp³-hybridized carbons (Fsp3) is 0.769. The number of hydrogen-bond acceptors (Lipinski definition) is 1. The van der Waals surface area contributed by atoms with Crippen molar-refractivity contribution in [1.82, 2.24) is 5.32 Å². The summed E-state index contributed by atoms with van der Waals surface area (Å²) in [4.78, 5) is 11.7. The topological polar surface area (TPSA) is 29.1 Å². The van der Waals surface area contributed by atoms with Crippen molar-refractivity contribution >= 4 is 17.5 Å². The molecule has 0 unspecified atom stereocenters. The highest BCUT2D eigenvalue weighted by atomic mass is 35.5. The second-order valence-electron chi connectivity index (χ2n) is 5.13. The molecule has 2 nitrogen and oxygen atoms in total. The minimum absolute atomic E-state index is 0.0545. The van der Waals surface area contributed by atoms with Gasteiger partial charge in [0.25, 0.3) is 0 Å². The quantitative estimate of drug-likeness (QED) is 0.583. The van der Waals surface area contributed by atoms with Gasteiger partial charge in [-0.15, -0.1) is 11.6 Å². The van der Waals surface area contributed by atoms with Gasteiger partial charge in [-0.2, -0.15) is 0 Å². The second kappa shape index (κ2) is 6.29. The molecule has 0 aromatic heterocycles. The lowest BCUT2D eigenvalue weighted by Crippen LogP contribution is -2.38. The highest BCUT2D eigenvalue weighted by molar-refractivity contribution is 6.19. The van der Waals surface area contributed by atoms with Gasteiger partial charge >= 0.3 is 0 Å². The van der Waals surface area contributed by atoms with Crippen molar-refractivity contribution in [3.8, 4) is 0 Å². The van der Waals surface area contributed by atoms with Crippen LogP contribution in [0.15, 0.2) is 11.6 Å². The first-order chi connectivity index (χ1) is 7.56. The molecule has 0 bridgehead atoms. The van der Waals surface area contributed by atoms with E-state index in [9.17, 15) is 4.79 Å². The monoisotopic (exact) mass is 243 g/mol. The molecule has 0 aromatic rings. The molecule has 92 valence electrons. The third-order valence-corrected chi connectivity index (χ3v) is 3.73. The Labute approximate surface area is 103 Å². The van der Waals surface area contributed by atoms with Crippen molar-refractivity contribution in [1.29, 1.82) is 0 Å². The van der Waals surface area contributed by atoms with Gasteiger partial charge in [-0.05, 0) is 46.0 Å².